The Kier molecular flexibility index (Phi) is 9.10. The predicted molar refractivity (Wildman–Crippen MR) is 141 cm³/mol. The highest BCUT2D eigenvalue weighted by Crippen LogP contribution is 2.35. The number of aliphatic hydroxyl groups is 1. The van der Waals surface area contributed by atoms with Crippen LogP contribution in [-0.4, -0.2) is 52.8 Å². The van der Waals surface area contributed by atoms with E-state index in [-0.39, 0.29) is 18.2 Å². The molecule has 0 amide bonds. The quantitative estimate of drug-likeness (QED) is 0.397. The molecule has 1 unspecified atom stereocenters. The third-order valence-electron chi connectivity index (χ3n) is 7.22. The van der Waals surface area contributed by atoms with Gasteiger partial charge in [-0.15, -0.1) is 0 Å². The van der Waals surface area contributed by atoms with E-state index in [0.717, 1.165) is 48.1 Å². The molecule has 194 valence electrons. The van der Waals surface area contributed by atoms with Gasteiger partial charge in [0.25, 0.3) is 0 Å². The van der Waals surface area contributed by atoms with Crippen LogP contribution in [0.25, 0.3) is 10.9 Å². The first-order valence-electron chi connectivity index (χ1n) is 12.7. The number of hydrogen-bond donors (Lipinski definition) is 2. The molecule has 1 aromatic heterocycles. The number of piperidine rings is 1. The molecule has 3 atom stereocenters. The van der Waals surface area contributed by atoms with Gasteiger partial charge in [0.05, 0.1) is 25.3 Å². The fourth-order valence-electron chi connectivity index (χ4n) is 5.23. The Balaban J connectivity index is 1.39. The molecule has 7 heteroatoms. The van der Waals surface area contributed by atoms with E-state index in [2.05, 4.69) is 21.7 Å². The van der Waals surface area contributed by atoms with Gasteiger partial charge in [-0.1, -0.05) is 17.9 Å². The lowest BCUT2D eigenvalue weighted by molar-refractivity contribution is -0.137. The van der Waals surface area contributed by atoms with Crippen LogP contribution in [0, 0.1) is 29.5 Å². The fourth-order valence-corrected chi connectivity index (χ4v) is 5.23. The van der Waals surface area contributed by atoms with E-state index in [0.29, 0.717) is 30.9 Å². The summed E-state index contributed by atoms with van der Waals surface area (Å²) in [5, 5.41) is 21.2. The molecule has 0 spiro atoms. The Hall–Kier alpha value is -3.47. The molecule has 2 heterocycles. The fraction of sp³-hybridized carbons (Fsp3) is 0.400. The van der Waals surface area contributed by atoms with Crippen molar-refractivity contribution in [2.45, 2.75) is 38.2 Å². The molecule has 3 aromatic rings. The van der Waals surface area contributed by atoms with Crippen molar-refractivity contribution in [2.24, 2.45) is 11.8 Å². The highest BCUT2D eigenvalue weighted by atomic mass is 19.1. The van der Waals surface area contributed by atoms with E-state index in [1.807, 2.05) is 24.3 Å². The van der Waals surface area contributed by atoms with Gasteiger partial charge in [0.1, 0.15) is 11.6 Å². The number of carboxylic acids is 1. The Labute approximate surface area is 217 Å². The second kappa shape index (κ2) is 12.7. The molecule has 2 aromatic carbocycles. The second-order valence-corrected chi connectivity index (χ2v) is 9.66. The van der Waals surface area contributed by atoms with Crippen molar-refractivity contribution in [3.05, 3.63) is 71.7 Å². The Bertz CT molecular complexity index is 1290. The van der Waals surface area contributed by atoms with Crippen LogP contribution in [-0.2, 0) is 4.79 Å². The van der Waals surface area contributed by atoms with Crippen molar-refractivity contribution < 1.29 is 24.1 Å². The van der Waals surface area contributed by atoms with Gasteiger partial charge in [-0.25, -0.2) is 4.39 Å². The number of carboxylic acid groups (broad SMARTS) is 1. The van der Waals surface area contributed by atoms with Crippen LogP contribution in [0.3, 0.4) is 0 Å². The molecule has 1 fully saturated rings. The molecular formula is C30H33FN2O4. The second-order valence-electron chi connectivity index (χ2n) is 9.66. The lowest BCUT2D eigenvalue weighted by atomic mass is 9.79. The van der Waals surface area contributed by atoms with Gasteiger partial charge in [-0.2, -0.15) is 0 Å². The SMILES string of the molecule is COc1ccc2nccc(C(O)CC[C@@H]3CCN(CC#Cc4cccc(F)c4)C[C@@H]3CCC(=O)O)c2c1. The van der Waals surface area contributed by atoms with Gasteiger partial charge < -0.3 is 14.9 Å². The molecule has 0 saturated carbocycles. The summed E-state index contributed by atoms with van der Waals surface area (Å²) in [6, 6.07) is 13.7. The summed E-state index contributed by atoms with van der Waals surface area (Å²) < 4.78 is 18.7. The van der Waals surface area contributed by atoms with Crippen molar-refractivity contribution >= 4 is 16.9 Å². The van der Waals surface area contributed by atoms with Crippen LogP contribution in [0.4, 0.5) is 4.39 Å². The largest absolute Gasteiger partial charge is 0.497 e. The third-order valence-corrected chi connectivity index (χ3v) is 7.22. The first-order chi connectivity index (χ1) is 17.9. The van der Waals surface area contributed by atoms with Crippen LogP contribution in [0.1, 0.15) is 49.3 Å². The molecular weight excluding hydrogens is 471 g/mol. The highest BCUT2D eigenvalue weighted by molar-refractivity contribution is 5.83. The zero-order chi connectivity index (χ0) is 26.2. The van der Waals surface area contributed by atoms with Gasteiger partial charge in [0.15, 0.2) is 0 Å². The van der Waals surface area contributed by atoms with E-state index in [9.17, 15) is 19.4 Å². The average Bonchev–Trinajstić information content (AvgIpc) is 2.90. The molecule has 37 heavy (non-hydrogen) atoms. The molecule has 1 aliphatic rings. The Morgan fingerprint density at radius 1 is 1.22 bits per heavy atom. The summed E-state index contributed by atoms with van der Waals surface area (Å²) in [7, 11) is 1.62. The molecule has 1 aliphatic heterocycles. The van der Waals surface area contributed by atoms with Crippen LogP contribution >= 0.6 is 0 Å². The van der Waals surface area contributed by atoms with E-state index in [1.165, 1.54) is 12.1 Å². The zero-order valence-corrected chi connectivity index (χ0v) is 21.1. The lowest BCUT2D eigenvalue weighted by Gasteiger charge is -2.38. The summed E-state index contributed by atoms with van der Waals surface area (Å²) >= 11 is 0. The van der Waals surface area contributed by atoms with Crippen molar-refractivity contribution in [3.8, 4) is 17.6 Å². The number of ether oxygens (including phenoxy) is 1. The smallest absolute Gasteiger partial charge is 0.303 e. The summed E-state index contributed by atoms with van der Waals surface area (Å²) in [6.45, 7) is 2.18. The van der Waals surface area contributed by atoms with E-state index in [4.69, 9.17) is 4.74 Å². The van der Waals surface area contributed by atoms with Gasteiger partial charge in [0.2, 0.25) is 0 Å². The van der Waals surface area contributed by atoms with Crippen molar-refractivity contribution in [1.82, 2.24) is 9.88 Å². The summed E-state index contributed by atoms with van der Waals surface area (Å²) in [4.78, 5) is 17.9. The summed E-state index contributed by atoms with van der Waals surface area (Å²) in [5.41, 5.74) is 2.29. The minimum absolute atomic E-state index is 0.126. The topological polar surface area (TPSA) is 82.9 Å². The Morgan fingerprint density at radius 2 is 2.08 bits per heavy atom. The van der Waals surface area contributed by atoms with Gasteiger partial charge in [-0.05, 0) is 92.1 Å². The van der Waals surface area contributed by atoms with Crippen LogP contribution in [0.15, 0.2) is 54.7 Å². The van der Waals surface area contributed by atoms with Crippen molar-refractivity contribution in [1.29, 1.82) is 0 Å². The number of hydrogen-bond acceptors (Lipinski definition) is 5. The minimum atomic E-state index is -0.793. The van der Waals surface area contributed by atoms with E-state index >= 15 is 0 Å². The minimum Gasteiger partial charge on any atom is -0.497 e. The van der Waals surface area contributed by atoms with Gasteiger partial charge >= 0.3 is 5.97 Å². The number of nitrogens with zero attached hydrogens (tertiary/aromatic N) is 2. The maximum Gasteiger partial charge on any atom is 0.303 e. The molecule has 1 saturated heterocycles. The molecule has 6 nitrogen and oxygen atoms in total. The molecule has 4 rings (SSSR count). The van der Waals surface area contributed by atoms with Crippen LogP contribution in [0.5, 0.6) is 5.75 Å². The van der Waals surface area contributed by atoms with Crippen LogP contribution < -0.4 is 4.74 Å². The number of halogens is 1. The lowest BCUT2D eigenvalue weighted by Crippen LogP contribution is -2.41. The standard InChI is InChI=1S/C30H33FN2O4/c1-37-25-9-10-28-27(19-25)26(13-15-32-28)29(34)11-7-22-14-17-33(20-23(22)8-12-30(35)36)16-3-5-21-4-2-6-24(31)18-21/h2,4,6,9-10,13,15,18-19,22-23,29,34H,7-8,11-12,14,16-17,20H2,1H3,(H,35,36)/t22-,23+,29?/m1/s1. The number of fused-ring (bicyclic) bond motifs is 1. The summed E-state index contributed by atoms with van der Waals surface area (Å²) in [5.74, 6) is 6.31. The number of aliphatic hydroxyl groups excluding tert-OH is 1. The Morgan fingerprint density at radius 3 is 2.86 bits per heavy atom. The average molecular weight is 505 g/mol. The normalized spacial score (nSPS) is 18.7. The monoisotopic (exact) mass is 504 g/mol. The summed E-state index contributed by atoms with van der Waals surface area (Å²) in [6.07, 6.45) is 4.11. The maximum atomic E-state index is 13.4. The van der Waals surface area contributed by atoms with E-state index in [1.54, 1.807) is 25.4 Å². The van der Waals surface area contributed by atoms with Gasteiger partial charge in [-0.3, -0.25) is 14.7 Å². The number of aromatic nitrogens is 1. The molecule has 0 aliphatic carbocycles. The number of carbonyl (C=O) groups is 1. The number of aliphatic carboxylic acids is 1. The predicted octanol–water partition coefficient (Wildman–Crippen LogP) is 5.05. The highest BCUT2D eigenvalue weighted by Gasteiger charge is 2.30. The third kappa shape index (κ3) is 7.28. The first kappa shape index (κ1) is 26.6. The number of rotatable bonds is 9. The number of likely N-dealkylation sites (tertiary alicyclic amines) is 1. The number of pyridine rings is 1. The first-order valence-corrected chi connectivity index (χ1v) is 12.7. The van der Waals surface area contributed by atoms with Gasteiger partial charge in [0, 0.05) is 30.1 Å². The number of benzene rings is 2. The van der Waals surface area contributed by atoms with Crippen LogP contribution in [0.2, 0.25) is 0 Å². The van der Waals surface area contributed by atoms with Crippen molar-refractivity contribution in [2.75, 3.05) is 26.7 Å². The van der Waals surface area contributed by atoms with E-state index < -0.39 is 12.1 Å². The number of methoxy groups -OCH3 is 1. The molecule has 2 N–H and O–H groups in total. The zero-order valence-electron chi connectivity index (χ0n) is 21.1. The maximum absolute atomic E-state index is 13.4. The molecule has 0 radical (unpaired) electrons. The molecule has 0 bridgehead atoms. The van der Waals surface area contributed by atoms with Crippen molar-refractivity contribution in [3.63, 3.8) is 0 Å².